The highest BCUT2D eigenvalue weighted by atomic mass is 35.5. The minimum atomic E-state index is -1.29. The number of halogens is 1. The van der Waals surface area contributed by atoms with Crippen molar-refractivity contribution in [2.24, 2.45) is 5.10 Å². The summed E-state index contributed by atoms with van der Waals surface area (Å²) in [7, 11) is 2.16. The lowest BCUT2D eigenvalue weighted by atomic mass is 10.1. The van der Waals surface area contributed by atoms with Crippen molar-refractivity contribution < 1.29 is 14.8 Å². The molecule has 1 saturated heterocycles. The molecule has 0 bridgehead atoms. The second-order valence-electron chi connectivity index (χ2n) is 4.73. The summed E-state index contributed by atoms with van der Waals surface area (Å²) in [6.45, 7) is 2.15. The number of carboxylic acids is 1. The Labute approximate surface area is 116 Å². The highest BCUT2D eigenvalue weighted by molar-refractivity contribution is 6.33. The molecule has 6 heteroatoms. The predicted octanol–water partition coefficient (Wildman–Crippen LogP) is -0.220. The van der Waals surface area contributed by atoms with E-state index in [0.29, 0.717) is 5.69 Å². The van der Waals surface area contributed by atoms with Crippen molar-refractivity contribution >= 4 is 29.0 Å². The van der Waals surface area contributed by atoms with Crippen LogP contribution in [0.2, 0.25) is 5.02 Å². The van der Waals surface area contributed by atoms with Gasteiger partial charge in [-0.15, -0.1) is 0 Å². The van der Waals surface area contributed by atoms with Gasteiger partial charge in [0.2, 0.25) is 0 Å². The zero-order chi connectivity index (χ0) is 13.8. The topological polar surface area (TPSA) is 69.0 Å². The van der Waals surface area contributed by atoms with Gasteiger partial charge in [0.1, 0.15) is 0 Å². The van der Waals surface area contributed by atoms with Crippen LogP contribution in [-0.4, -0.2) is 31.8 Å². The van der Waals surface area contributed by atoms with Crippen molar-refractivity contribution in [1.82, 2.24) is 0 Å². The molecule has 1 heterocycles. The lowest BCUT2D eigenvalue weighted by Crippen LogP contribution is -3.10. The van der Waals surface area contributed by atoms with Crippen LogP contribution in [-0.2, 0) is 0 Å². The summed E-state index contributed by atoms with van der Waals surface area (Å²) in [6, 6.07) is 4.65. The highest BCUT2D eigenvalue weighted by Crippen LogP contribution is 2.20. The Balaban J connectivity index is 2.05. The molecule has 1 aromatic carbocycles. The first kappa shape index (κ1) is 13.8. The van der Waals surface area contributed by atoms with E-state index in [1.165, 1.54) is 17.0 Å². The molecule has 1 aliphatic heterocycles. The van der Waals surface area contributed by atoms with Crippen molar-refractivity contribution in [2.75, 3.05) is 25.6 Å². The molecular formula is C13H16ClN3O2. The van der Waals surface area contributed by atoms with Crippen LogP contribution in [0.25, 0.3) is 0 Å². The van der Waals surface area contributed by atoms with Crippen LogP contribution in [0.3, 0.4) is 0 Å². The van der Waals surface area contributed by atoms with Gasteiger partial charge in [0.05, 0.1) is 31.8 Å². The van der Waals surface area contributed by atoms with Gasteiger partial charge in [0.15, 0.2) is 0 Å². The number of carboxylic acid groups (broad SMARTS) is 1. The maximum Gasteiger partial charge on any atom is 0.0822 e. The maximum absolute atomic E-state index is 10.9. The molecule has 1 fully saturated rings. The van der Waals surface area contributed by atoms with Crippen molar-refractivity contribution in [3.63, 3.8) is 0 Å². The lowest BCUT2D eigenvalue weighted by Gasteiger charge is -2.20. The number of carbonyl (C=O) groups excluding carboxylic acids is 1. The van der Waals surface area contributed by atoms with Crippen LogP contribution in [0, 0.1) is 0 Å². The van der Waals surface area contributed by atoms with Gasteiger partial charge < -0.3 is 14.8 Å². The average Bonchev–Trinajstić information content (AvgIpc) is 2.39. The third kappa shape index (κ3) is 3.68. The van der Waals surface area contributed by atoms with Crippen LogP contribution >= 0.6 is 11.6 Å². The minimum Gasteiger partial charge on any atom is -0.545 e. The standard InChI is InChI=1S/C13H16ClN3O2/c1-17-6-4-9(5-7-17)15-16-10-2-3-12(14)11(8-10)13(18)19/h2-3,8,16H,4-7H2,1H3,(H,18,19). The van der Waals surface area contributed by atoms with Crippen LogP contribution in [0.4, 0.5) is 5.69 Å². The summed E-state index contributed by atoms with van der Waals surface area (Å²) in [6.07, 6.45) is 1.92. The molecule has 2 rings (SSSR count). The fourth-order valence-electron chi connectivity index (χ4n) is 1.97. The first-order valence-corrected chi connectivity index (χ1v) is 6.57. The molecule has 0 radical (unpaired) electrons. The van der Waals surface area contributed by atoms with E-state index in [1.807, 2.05) is 0 Å². The summed E-state index contributed by atoms with van der Waals surface area (Å²) in [4.78, 5) is 12.4. The number of hydrazone groups is 1. The van der Waals surface area contributed by atoms with Gasteiger partial charge in [-0.1, -0.05) is 11.6 Å². The number of hydrogen-bond acceptors (Lipinski definition) is 4. The van der Waals surface area contributed by atoms with E-state index in [1.54, 1.807) is 6.07 Å². The Morgan fingerprint density at radius 2 is 2.11 bits per heavy atom. The monoisotopic (exact) mass is 281 g/mol. The summed E-state index contributed by atoms with van der Waals surface area (Å²) < 4.78 is 0. The number of piperidine rings is 1. The Bertz CT molecular complexity index is 507. The normalized spacial score (nSPS) is 19.1. The number of anilines is 1. The Hall–Kier alpha value is -1.59. The third-order valence-corrected chi connectivity index (χ3v) is 3.54. The summed E-state index contributed by atoms with van der Waals surface area (Å²) >= 11 is 5.77. The second-order valence-corrected chi connectivity index (χ2v) is 5.14. The summed E-state index contributed by atoms with van der Waals surface area (Å²) in [5.41, 5.74) is 4.56. The van der Waals surface area contributed by atoms with Crippen LogP contribution < -0.4 is 15.4 Å². The third-order valence-electron chi connectivity index (χ3n) is 3.21. The van der Waals surface area contributed by atoms with Gasteiger partial charge >= 0.3 is 0 Å². The lowest BCUT2D eigenvalue weighted by molar-refractivity contribution is -0.880. The molecule has 0 atom stereocenters. The van der Waals surface area contributed by atoms with Crippen LogP contribution in [0.1, 0.15) is 23.2 Å². The molecule has 0 aliphatic carbocycles. The smallest absolute Gasteiger partial charge is 0.0822 e. The number of nitrogens with zero attached hydrogens (tertiary/aromatic N) is 1. The zero-order valence-electron chi connectivity index (χ0n) is 10.7. The number of aromatic carboxylic acids is 1. The molecule has 2 N–H and O–H groups in total. The average molecular weight is 282 g/mol. The zero-order valence-corrected chi connectivity index (χ0v) is 11.5. The van der Waals surface area contributed by atoms with Gasteiger partial charge in [-0.2, -0.15) is 5.10 Å². The Kier molecular flexibility index (Phi) is 4.39. The van der Waals surface area contributed by atoms with Crippen LogP contribution in [0.15, 0.2) is 23.3 Å². The van der Waals surface area contributed by atoms with E-state index < -0.39 is 5.97 Å². The number of quaternary nitrogens is 1. The first-order chi connectivity index (χ1) is 9.06. The van der Waals surface area contributed by atoms with E-state index in [2.05, 4.69) is 17.6 Å². The van der Waals surface area contributed by atoms with E-state index in [4.69, 9.17) is 11.6 Å². The molecule has 5 nitrogen and oxygen atoms in total. The van der Waals surface area contributed by atoms with E-state index in [9.17, 15) is 9.90 Å². The summed E-state index contributed by atoms with van der Waals surface area (Å²) in [5.74, 6) is -1.29. The fraction of sp³-hybridized carbons (Fsp3) is 0.385. The number of likely N-dealkylation sites (tertiary alicyclic amines) is 1. The molecule has 0 aromatic heterocycles. The molecule has 1 aliphatic rings. The van der Waals surface area contributed by atoms with Crippen LogP contribution in [0.5, 0.6) is 0 Å². The van der Waals surface area contributed by atoms with Crippen molar-refractivity contribution in [2.45, 2.75) is 12.8 Å². The van der Waals surface area contributed by atoms with E-state index in [0.717, 1.165) is 31.6 Å². The van der Waals surface area contributed by atoms with Crippen molar-refractivity contribution in [1.29, 1.82) is 0 Å². The largest absolute Gasteiger partial charge is 0.545 e. The summed E-state index contributed by atoms with van der Waals surface area (Å²) in [5, 5.41) is 15.3. The fourth-order valence-corrected chi connectivity index (χ4v) is 2.17. The van der Waals surface area contributed by atoms with Crippen molar-refractivity contribution in [3.05, 3.63) is 28.8 Å². The molecule has 0 amide bonds. The maximum atomic E-state index is 10.9. The van der Waals surface area contributed by atoms with Gasteiger partial charge in [0.25, 0.3) is 0 Å². The molecule has 0 unspecified atom stereocenters. The Morgan fingerprint density at radius 3 is 2.74 bits per heavy atom. The molecule has 0 spiro atoms. The molecule has 0 saturated carbocycles. The number of carbonyl (C=O) groups is 1. The minimum absolute atomic E-state index is 0.0281. The van der Waals surface area contributed by atoms with Gasteiger partial charge in [0, 0.05) is 29.1 Å². The van der Waals surface area contributed by atoms with E-state index in [-0.39, 0.29) is 10.6 Å². The SMILES string of the molecule is C[NH+]1CCC(=NNc2ccc(Cl)c(C(=O)[O-])c2)CC1. The molecule has 1 aromatic rings. The van der Waals surface area contributed by atoms with E-state index >= 15 is 0 Å². The number of nitrogens with one attached hydrogen (secondary N) is 2. The number of hydrogen-bond donors (Lipinski definition) is 2. The number of benzene rings is 1. The van der Waals surface area contributed by atoms with Gasteiger partial charge in [-0.05, 0) is 18.2 Å². The Morgan fingerprint density at radius 1 is 1.42 bits per heavy atom. The quantitative estimate of drug-likeness (QED) is 0.753. The highest BCUT2D eigenvalue weighted by Gasteiger charge is 2.14. The number of rotatable bonds is 3. The first-order valence-electron chi connectivity index (χ1n) is 6.20. The van der Waals surface area contributed by atoms with Gasteiger partial charge in [-0.25, -0.2) is 0 Å². The molecule has 19 heavy (non-hydrogen) atoms. The van der Waals surface area contributed by atoms with Crippen molar-refractivity contribution in [3.8, 4) is 0 Å². The molecular weight excluding hydrogens is 266 g/mol. The van der Waals surface area contributed by atoms with Gasteiger partial charge in [-0.3, -0.25) is 5.43 Å². The second kappa shape index (κ2) is 6.04. The molecule has 102 valence electrons. The predicted molar refractivity (Wildman–Crippen MR) is 72.7 cm³/mol.